The average Bonchev–Trinajstić information content (AvgIpc) is 3.42. The van der Waals surface area contributed by atoms with Crippen molar-refractivity contribution < 1.29 is 47.9 Å². The van der Waals surface area contributed by atoms with E-state index in [1.807, 2.05) is 90.9 Å². The fourth-order valence-electron chi connectivity index (χ4n) is 9.22. The Hall–Kier alpha value is -3.62. The Balaban J connectivity index is 1.46. The number of likely N-dealkylation sites (N-methyl/N-ethyl adjacent to an activating group) is 1. The summed E-state index contributed by atoms with van der Waals surface area (Å²) in [7, 11) is 5.40. The first kappa shape index (κ1) is 43.5. The van der Waals surface area contributed by atoms with Crippen molar-refractivity contribution in [1.82, 2.24) is 14.8 Å². The van der Waals surface area contributed by atoms with Gasteiger partial charge in [0.15, 0.2) is 11.9 Å². The van der Waals surface area contributed by atoms with Gasteiger partial charge in [-0.3, -0.25) is 9.78 Å². The first-order valence-corrected chi connectivity index (χ1v) is 20.1. The van der Waals surface area contributed by atoms with Crippen LogP contribution < -0.4 is 4.74 Å². The number of Topliss-reactive ketones (excluding diaryl/α,β-unsaturated/α-hetero) is 1. The maximum Gasteiger partial charge on any atom is 0.410 e. The van der Waals surface area contributed by atoms with Crippen LogP contribution in [0.25, 0.3) is 10.9 Å². The molecule has 3 aliphatic heterocycles. The van der Waals surface area contributed by atoms with Crippen molar-refractivity contribution in [3.63, 3.8) is 0 Å². The van der Waals surface area contributed by atoms with E-state index in [0.717, 1.165) is 10.9 Å². The number of fused-ring (bicyclic) bond motifs is 2. The van der Waals surface area contributed by atoms with Crippen LogP contribution in [-0.2, 0) is 33.3 Å². The summed E-state index contributed by atoms with van der Waals surface area (Å²) in [4.78, 5) is 50.4. The van der Waals surface area contributed by atoms with Crippen LogP contribution in [-0.4, -0.2) is 126 Å². The van der Waals surface area contributed by atoms with Crippen LogP contribution in [0.5, 0.6) is 5.75 Å². The Bertz CT molecular complexity index is 1730. The summed E-state index contributed by atoms with van der Waals surface area (Å²) in [6, 6.07) is 8.62. The molecule has 1 unspecified atom stereocenters. The van der Waals surface area contributed by atoms with Gasteiger partial charge in [-0.2, -0.15) is 0 Å². The number of nitrogens with zero attached hydrogens (tertiary/aromatic N) is 3. The summed E-state index contributed by atoms with van der Waals surface area (Å²) in [5, 5.41) is 12.4. The summed E-state index contributed by atoms with van der Waals surface area (Å²) >= 11 is 0. The molecule has 5 rings (SSSR count). The Morgan fingerprint density at radius 2 is 1.79 bits per heavy atom. The summed E-state index contributed by atoms with van der Waals surface area (Å²) in [6.45, 7) is 15.3. The van der Waals surface area contributed by atoms with Crippen molar-refractivity contribution in [2.75, 3.05) is 34.4 Å². The van der Waals surface area contributed by atoms with Crippen LogP contribution in [0.2, 0.25) is 0 Å². The predicted molar refractivity (Wildman–Crippen MR) is 211 cm³/mol. The highest BCUT2D eigenvalue weighted by atomic mass is 16.7. The van der Waals surface area contributed by atoms with Gasteiger partial charge in [0.05, 0.1) is 30.5 Å². The number of aromatic nitrogens is 1. The zero-order valence-electron chi connectivity index (χ0n) is 35.0. The molecule has 310 valence electrons. The third kappa shape index (κ3) is 8.92. The molecule has 2 aromatic rings. The van der Waals surface area contributed by atoms with E-state index in [4.69, 9.17) is 28.4 Å². The van der Waals surface area contributed by atoms with Gasteiger partial charge in [-0.1, -0.05) is 52.0 Å². The van der Waals surface area contributed by atoms with E-state index in [2.05, 4.69) is 4.98 Å². The minimum absolute atomic E-state index is 0.0995. The summed E-state index contributed by atoms with van der Waals surface area (Å²) in [5.74, 6) is -1.76. The second kappa shape index (κ2) is 17.9. The Morgan fingerprint density at radius 1 is 1.07 bits per heavy atom. The molecule has 2 fully saturated rings. The van der Waals surface area contributed by atoms with E-state index in [-0.39, 0.29) is 37.5 Å². The lowest BCUT2D eigenvalue weighted by Gasteiger charge is -2.47. The average molecular weight is 782 g/mol. The Labute approximate surface area is 332 Å². The molecule has 4 heterocycles. The lowest BCUT2D eigenvalue weighted by molar-refractivity contribution is -0.294. The molecule has 1 aromatic carbocycles. The van der Waals surface area contributed by atoms with E-state index in [1.165, 1.54) is 0 Å². The van der Waals surface area contributed by atoms with Gasteiger partial charge in [-0.25, -0.2) is 9.59 Å². The SMILES string of the molecule is CCC1OC(=O)/C(C)=C/[C@H](C)[C@@H](O[C@@H]2O[C@H](C)C[C@H](N(C)C)[C@H]2O)[C@](C)(OC)C[C@@H](C)C(=O)[C@H](C)[C@H]2N(CCCOc3cccc4cccnc34)C(=O)O[C@]12C. The van der Waals surface area contributed by atoms with Crippen molar-refractivity contribution >= 4 is 28.7 Å². The monoisotopic (exact) mass is 781 g/mol. The van der Waals surface area contributed by atoms with Crippen molar-refractivity contribution in [3.05, 3.63) is 48.2 Å². The third-order valence-corrected chi connectivity index (χ3v) is 12.2. The summed E-state index contributed by atoms with van der Waals surface area (Å²) in [6.07, 6.45) is 0.827. The molecule has 13 heteroatoms. The molecule has 0 spiro atoms. The van der Waals surface area contributed by atoms with Crippen LogP contribution in [0, 0.1) is 17.8 Å². The second-order valence-electron chi connectivity index (χ2n) is 16.7. The number of rotatable bonds is 10. The van der Waals surface area contributed by atoms with Crippen LogP contribution >= 0.6 is 0 Å². The van der Waals surface area contributed by atoms with E-state index >= 15 is 0 Å². The van der Waals surface area contributed by atoms with Crippen molar-refractivity contribution in [1.29, 1.82) is 0 Å². The maximum atomic E-state index is 14.7. The largest absolute Gasteiger partial charge is 0.491 e. The number of aliphatic hydroxyl groups is 1. The van der Waals surface area contributed by atoms with Crippen LogP contribution in [0.15, 0.2) is 48.2 Å². The van der Waals surface area contributed by atoms with Gasteiger partial charge in [0.2, 0.25) is 0 Å². The fraction of sp³-hybridized carbons (Fsp3) is 0.674. The molecule has 13 nitrogen and oxygen atoms in total. The quantitative estimate of drug-likeness (QED) is 0.225. The fourth-order valence-corrected chi connectivity index (χ4v) is 9.22. The number of para-hydroxylation sites is 1. The molecule has 1 N–H and O–H groups in total. The minimum Gasteiger partial charge on any atom is -0.491 e. The van der Waals surface area contributed by atoms with Gasteiger partial charge in [0.25, 0.3) is 0 Å². The standard InChI is InChI=1S/C43H63N3O10/c1-12-33-43(8)37(46(41(50)56-43)20-15-21-52-32-18-13-16-30-17-14-19-44-34(30)32)29(6)35(47)27(4)24-42(7,51-11)38(25(2)22-26(3)39(49)54-33)55-40-36(48)31(45(9)10)23-28(5)53-40/h13-14,16-19,22,25,27-29,31,33,36-38,40,48H,12,15,20-21,23-24H2,1-11H3/b26-22+/t25-,27+,28+,29-,31-,33?,36+,37+,38+,40-,42+,43+/m0/s1. The molecule has 56 heavy (non-hydrogen) atoms. The van der Waals surface area contributed by atoms with E-state index in [0.29, 0.717) is 30.6 Å². The first-order chi connectivity index (χ1) is 26.4. The number of carbonyl (C=O) groups is 3. The predicted octanol–water partition coefficient (Wildman–Crippen LogP) is 5.95. The molecule has 12 atom stereocenters. The molecule has 0 radical (unpaired) electrons. The van der Waals surface area contributed by atoms with Crippen LogP contribution in [0.1, 0.15) is 81.1 Å². The first-order valence-electron chi connectivity index (χ1n) is 20.1. The highest BCUT2D eigenvalue weighted by Crippen LogP contribution is 2.43. The van der Waals surface area contributed by atoms with Gasteiger partial charge in [-0.05, 0) is 79.6 Å². The van der Waals surface area contributed by atoms with E-state index in [1.54, 1.807) is 38.1 Å². The number of carbonyl (C=O) groups excluding carboxylic acids is 3. The number of benzene rings is 1. The second-order valence-corrected chi connectivity index (χ2v) is 16.7. The highest BCUT2D eigenvalue weighted by Gasteiger charge is 2.60. The summed E-state index contributed by atoms with van der Waals surface area (Å²) in [5.41, 5.74) is -1.33. The molecular formula is C43H63N3O10. The molecular weight excluding hydrogens is 718 g/mol. The summed E-state index contributed by atoms with van der Waals surface area (Å²) < 4.78 is 37.7. The van der Waals surface area contributed by atoms with Crippen molar-refractivity contribution in [2.45, 2.75) is 135 Å². The zero-order valence-corrected chi connectivity index (χ0v) is 35.0. The van der Waals surface area contributed by atoms with E-state index in [9.17, 15) is 19.5 Å². The van der Waals surface area contributed by atoms with Crippen LogP contribution in [0.3, 0.4) is 0 Å². The molecule has 1 amide bonds. The van der Waals surface area contributed by atoms with Gasteiger partial charge >= 0.3 is 12.1 Å². The van der Waals surface area contributed by atoms with Gasteiger partial charge in [-0.15, -0.1) is 0 Å². The number of methoxy groups -OCH3 is 1. The highest BCUT2D eigenvalue weighted by molar-refractivity contribution is 5.88. The zero-order chi connectivity index (χ0) is 41.1. The van der Waals surface area contributed by atoms with E-state index < -0.39 is 71.7 Å². The van der Waals surface area contributed by atoms with Gasteiger partial charge in [0, 0.05) is 54.6 Å². The molecule has 2 saturated heterocycles. The number of ether oxygens (including phenoxy) is 6. The number of hydrogen-bond acceptors (Lipinski definition) is 12. The van der Waals surface area contributed by atoms with Gasteiger partial charge < -0.3 is 43.3 Å². The minimum atomic E-state index is -1.34. The molecule has 0 saturated carbocycles. The lowest BCUT2D eigenvalue weighted by atomic mass is 9.74. The van der Waals surface area contributed by atoms with Crippen LogP contribution in [0.4, 0.5) is 4.79 Å². The number of esters is 1. The number of hydrogen-bond donors (Lipinski definition) is 1. The Morgan fingerprint density at radius 3 is 2.46 bits per heavy atom. The maximum absolute atomic E-state index is 14.7. The smallest absolute Gasteiger partial charge is 0.410 e. The Kier molecular flexibility index (Phi) is 13.9. The number of ketones is 1. The molecule has 0 aliphatic carbocycles. The molecule has 1 aromatic heterocycles. The molecule has 0 bridgehead atoms. The number of pyridine rings is 1. The number of aliphatic hydroxyl groups excluding tert-OH is 1. The lowest BCUT2D eigenvalue weighted by Crippen LogP contribution is -2.59. The number of amides is 1. The third-order valence-electron chi connectivity index (χ3n) is 12.2. The van der Waals surface area contributed by atoms with Crippen molar-refractivity contribution in [2.24, 2.45) is 17.8 Å². The normalized spacial score (nSPS) is 37.1. The van der Waals surface area contributed by atoms with Crippen molar-refractivity contribution in [3.8, 4) is 5.75 Å². The number of cyclic esters (lactones) is 1. The topological polar surface area (TPSA) is 146 Å². The van der Waals surface area contributed by atoms with Gasteiger partial charge in [0.1, 0.15) is 29.3 Å². The molecule has 3 aliphatic rings.